The van der Waals surface area contributed by atoms with Gasteiger partial charge in [-0.1, -0.05) is 13.8 Å². The molecule has 0 bridgehead atoms. The van der Waals surface area contributed by atoms with Crippen LogP contribution in [0.2, 0.25) is 0 Å². The number of nitrogens with zero attached hydrogens (tertiary/aromatic N) is 1. The van der Waals surface area contributed by atoms with E-state index in [2.05, 4.69) is 12.2 Å². The van der Waals surface area contributed by atoms with Gasteiger partial charge in [0.15, 0.2) is 0 Å². The largest absolute Gasteiger partial charge is 0.496 e. The standard InChI is InChI=1S/C14H22N2O2/c1-5-11-9-12(7-8-13(11)18-4)16(3)14(17)10-15-6-2/h7-9,15H,5-6,10H2,1-4H3. The Labute approximate surface area is 109 Å². The van der Waals surface area contributed by atoms with Crippen LogP contribution in [-0.2, 0) is 11.2 Å². The molecule has 0 aliphatic rings. The Morgan fingerprint density at radius 1 is 1.39 bits per heavy atom. The van der Waals surface area contributed by atoms with Gasteiger partial charge in [-0.25, -0.2) is 0 Å². The second-order valence-electron chi connectivity index (χ2n) is 4.08. The Kier molecular flexibility index (Phi) is 5.65. The lowest BCUT2D eigenvalue weighted by Crippen LogP contribution is -2.35. The number of methoxy groups -OCH3 is 1. The Hall–Kier alpha value is -1.55. The Bertz CT molecular complexity index is 405. The third kappa shape index (κ3) is 3.47. The molecule has 1 N–H and O–H groups in total. The molecule has 1 aromatic rings. The van der Waals surface area contributed by atoms with Gasteiger partial charge in [0.05, 0.1) is 13.7 Å². The number of hydrogen-bond acceptors (Lipinski definition) is 3. The first-order valence-corrected chi connectivity index (χ1v) is 6.28. The van der Waals surface area contributed by atoms with Crippen molar-refractivity contribution in [3.8, 4) is 5.75 Å². The monoisotopic (exact) mass is 250 g/mol. The van der Waals surface area contributed by atoms with Gasteiger partial charge in [0, 0.05) is 12.7 Å². The summed E-state index contributed by atoms with van der Waals surface area (Å²) in [6, 6.07) is 5.82. The quantitative estimate of drug-likeness (QED) is 0.837. The second-order valence-corrected chi connectivity index (χ2v) is 4.08. The van der Waals surface area contributed by atoms with Gasteiger partial charge in [-0.05, 0) is 36.7 Å². The summed E-state index contributed by atoms with van der Waals surface area (Å²) in [5.41, 5.74) is 2.01. The molecule has 0 fully saturated rings. The number of carbonyl (C=O) groups excluding carboxylic acids is 1. The molecule has 18 heavy (non-hydrogen) atoms. The van der Waals surface area contributed by atoms with Crippen molar-refractivity contribution in [2.24, 2.45) is 0 Å². The minimum atomic E-state index is 0.0593. The zero-order chi connectivity index (χ0) is 13.5. The van der Waals surface area contributed by atoms with Crippen LogP contribution in [0.4, 0.5) is 5.69 Å². The van der Waals surface area contributed by atoms with E-state index in [-0.39, 0.29) is 5.91 Å². The van der Waals surface area contributed by atoms with Crippen molar-refractivity contribution in [2.75, 3.05) is 32.1 Å². The molecule has 0 saturated carbocycles. The van der Waals surface area contributed by atoms with Gasteiger partial charge >= 0.3 is 0 Å². The SMILES string of the molecule is CCNCC(=O)N(C)c1ccc(OC)c(CC)c1. The Morgan fingerprint density at radius 3 is 2.67 bits per heavy atom. The predicted octanol–water partition coefficient (Wildman–Crippen LogP) is 1.83. The summed E-state index contributed by atoms with van der Waals surface area (Å²) >= 11 is 0. The normalized spacial score (nSPS) is 10.2. The van der Waals surface area contributed by atoms with Gasteiger partial charge in [-0.15, -0.1) is 0 Å². The number of aryl methyl sites for hydroxylation is 1. The maximum absolute atomic E-state index is 11.9. The highest BCUT2D eigenvalue weighted by molar-refractivity contribution is 5.94. The van der Waals surface area contributed by atoms with E-state index in [0.717, 1.165) is 30.0 Å². The van der Waals surface area contributed by atoms with E-state index in [4.69, 9.17) is 4.74 Å². The van der Waals surface area contributed by atoms with Crippen LogP contribution in [0.15, 0.2) is 18.2 Å². The van der Waals surface area contributed by atoms with E-state index in [1.165, 1.54) is 0 Å². The Balaban J connectivity index is 2.85. The smallest absolute Gasteiger partial charge is 0.240 e. The van der Waals surface area contributed by atoms with Crippen molar-refractivity contribution in [1.29, 1.82) is 0 Å². The van der Waals surface area contributed by atoms with Crippen molar-refractivity contribution in [1.82, 2.24) is 5.32 Å². The van der Waals surface area contributed by atoms with E-state index in [9.17, 15) is 4.79 Å². The van der Waals surface area contributed by atoms with E-state index in [1.807, 2.05) is 25.1 Å². The van der Waals surface area contributed by atoms with Crippen LogP contribution in [-0.4, -0.2) is 33.2 Å². The highest BCUT2D eigenvalue weighted by atomic mass is 16.5. The van der Waals surface area contributed by atoms with Gasteiger partial charge in [0.25, 0.3) is 0 Å². The molecule has 4 heteroatoms. The number of likely N-dealkylation sites (N-methyl/N-ethyl adjacent to an activating group) is 2. The van der Waals surface area contributed by atoms with E-state index in [1.54, 1.807) is 19.1 Å². The van der Waals surface area contributed by atoms with Gasteiger partial charge in [0.2, 0.25) is 5.91 Å². The molecule has 1 amide bonds. The number of benzene rings is 1. The summed E-state index contributed by atoms with van der Waals surface area (Å²) in [6.45, 7) is 5.21. The molecule has 1 aromatic carbocycles. The fourth-order valence-corrected chi connectivity index (χ4v) is 1.74. The fourth-order valence-electron chi connectivity index (χ4n) is 1.74. The van der Waals surface area contributed by atoms with Crippen LogP contribution in [0.1, 0.15) is 19.4 Å². The fraction of sp³-hybridized carbons (Fsp3) is 0.500. The van der Waals surface area contributed by atoms with Crippen LogP contribution >= 0.6 is 0 Å². The third-order valence-corrected chi connectivity index (χ3v) is 2.93. The average molecular weight is 250 g/mol. The number of carbonyl (C=O) groups is 1. The van der Waals surface area contributed by atoms with Crippen LogP contribution in [0.3, 0.4) is 0 Å². The molecule has 4 nitrogen and oxygen atoms in total. The van der Waals surface area contributed by atoms with Crippen molar-refractivity contribution in [2.45, 2.75) is 20.3 Å². The van der Waals surface area contributed by atoms with Crippen molar-refractivity contribution in [3.05, 3.63) is 23.8 Å². The van der Waals surface area contributed by atoms with Crippen molar-refractivity contribution >= 4 is 11.6 Å². The molecule has 1 rings (SSSR count). The van der Waals surface area contributed by atoms with E-state index >= 15 is 0 Å². The van der Waals surface area contributed by atoms with E-state index < -0.39 is 0 Å². The lowest BCUT2D eigenvalue weighted by Gasteiger charge is -2.19. The van der Waals surface area contributed by atoms with Crippen LogP contribution in [0, 0.1) is 0 Å². The first-order valence-electron chi connectivity index (χ1n) is 6.28. The zero-order valence-corrected chi connectivity index (χ0v) is 11.6. The molecule has 0 aliphatic heterocycles. The summed E-state index contributed by atoms with van der Waals surface area (Å²) in [6.07, 6.45) is 0.881. The van der Waals surface area contributed by atoms with Gasteiger partial charge < -0.3 is 15.0 Å². The minimum absolute atomic E-state index is 0.0593. The summed E-state index contributed by atoms with van der Waals surface area (Å²) in [5.74, 6) is 0.929. The maximum atomic E-state index is 11.9. The average Bonchev–Trinajstić information content (AvgIpc) is 2.42. The third-order valence-electron chi connectivity index (χ3n) is 2.93. The number of hydrogen-bond donors (Lipinski definition) is 1. The molecular formula is C14H22N2O2. The topological polar surface area (TPSA) is 41.6 Å². The molecule has 0 aliphatic carbocycles. The molecule has 0 aromatic heterocycles. The molecule has 0 unspecified atom stereocenters. The molecule has 100 valence electrons. The van der Waals surface area contributed by atoms with Crippen molar-refractivity contribution < 1.29 is 9.53 Å². The van der Waals surface area contributed by atoms with E-state index in [0.29, 0.717) is 6.54 Å². The molecule has 0 heterocycles. The highest BCUT2D eigenvalue weighted by Crippen LogP contribution is 2.24. The summed E-state index contributed by atoms with van der Waals surface area (Å²) < 4.78 is 5.28. The maximum Gasteiger partial charge on any atom is 0.240 e. The lowest BCUT2D eigenvalue weighted by molar-refractivity contribution is -0.117. The van der Waals surface area contributed by atoms with Gasteiger partial charge in [0.1, 0.15) is 5.75 Å². The van der Waals surface area contributed by atoms with Crippen LogP contribution in [0.25, 0.3) is 0 Å². The molecule has 0 atom stereocenters. The molecule has 0 spiro atoms. The molecule has 0 radical (unpaired) electrons. The summed E-state index contributed by atoms with van der Waals surface area (Å²) in [4.78, 5) is 13.6. The van der Waals surface area contributed by atoms with Crippen LogP contribution < -0.4 is 15.0 Å². The lowest BCUT2D eigenvalue weighted by atomic mass is 10.1. The molecular weight excluding hydrogens is 228 g/mol. The Morgan fingerprint density at radius 2 is 2.11 bits per heavy atom. The van der Waals surface area contributed by atoms with Crippen molar-refractivity contribution in [3.63, 3.8) is 0 Å². The number of anilines is 1. The number of ether oxygens (including phenoxy) is 1. The predicted molar refractivity (Wildman–Crippen MR) is 74.3 cm³/mol. The highest BCUT2D eigenvalue weighted by Gasteiger charge is 2.12. The van der Waals surface area contributed by atoms with Gasteiger partial charge in [-0.2, -0.15) is 0 Å². The number of rotatable bonds is 6. The zero-order valence-electron chi connectivity index (χ0n) is 11.6. The van der Waals surface area contributed by atoms with Crippen LogP contribution in [0.5, 0.6) is 5.75 Å². The summed E-state index contributed by atoms with van der Waals surface area (Å²) in [5, 5.41) is 3.03. The molecule has 0 saturated heterocycles. The number of amides is 1. The van der Waals surface area contributed by atoms with Gasteiger partial charge in [-0.3, -0.25) is 4.79 Å². The minimum Gasteiger partial charge on any atom is -0.496 e. The first-order chi connectivity index (χ1) is 8.63. The summed E-state index contributed by atoms with van der Waals surface area (Å²) in [7, 11) is 3.45. The second kappa shape index (κ2) is 7.01. The first kappa shape index (κ1) is 14.5. The number of nitrogens with one attached hydrogen (secondary N) is 1.